The van der Waals surface area contributed by atoms with Gasteiger partial charge in [0, 0.05) is 29.3 Å². The number of aromatic amines is 1. The van der Waals surface area contributed by atoms with Crippen molar-refractivity contribution < 1.29 is 8.42 Å². The van der Waals surface area contributed by atoms with Gasteiger partial charge < -0.3 is 10.7 Å². The summed E-state index contributed by atoms with van der Waals surface area (Å²) < 4.78 is 26.9. The van der Waals surface area contributed by atoms with Crippen molar-refractivity contribution in [3.63, 3.8) is 0 Å². The Labute approximate surface area is 106 Å². The SMILES string of the molecule is CC(C)CNS(=O)(=O)c1c[nH]c2ccc(N)cc12. The molecule has 1 aromatic carbocycles. The third-order valence-corrected chi connectivity index (χ3v) is 4.10. The van der Waals surface area contributed by atoms with Crippen LogP contribution in [0, 0.1) is 5.92 Å². The van der Waals surface area contributed by atoms with Gasteiger partial charge in [-0.05, 0) is 24.1 Å². The van der Waals surface area contributed by atoms with E-state index in [4.69, 9.17) is 5.73 Å². The Bertz CT molecular complexity index is 659. The molecule has 5 nitrogen and oxygen atoms in total. The maximum atomic E-state index is 12.2. The average molecular weight is 267 g/mol. The highest BCUT2D eigenvalue weighted by Gasteiger charge is 2.18. The second kappa shape index (κ2) is 4.62. The van der Waals surface area contributed by atoms with Gasteiger partial charge in [0.25, 0.3) is 0 Å². The van der Waals surface area contributed by atoms with Crippen molar-refractivity contribution in [1.82, 2.24) is 9.71 Å². The van der Waals surface area contributed by atoms with Crippen molar-refractivity contribution in [2.75, 3.05) is 12.3 Å². The Morgan fingerprint density at radius 3 is 2.78 bits per heavy atom. The van der Waals surface area contributed by atoms with Gasteiger partial charge >= 0.3 is 0 Å². The number of hydrogen-bond donors (Lipinski definition) is 3. The number of aromatic nitrogens is 1. The minimum Gasteiger partial charge on any atom is -0.399 e. The first-order chi connectivity index (χ1) is 8.40. The monoisotopic (exact) mass is 267 g/mol. The van der Waals surface area contributed by atoms with E-state index < -0.39 is 10.0 Å². The molecule has 6 heteroatoms. The van der Waals surface area contributed by atoms with Gasteiger partial charge in [-0.3, -0.25) is 0 Å². The molecule has 0 aliphatic heterocycles. The first-order valence-electron chi connectivity index (χ1n) is 5.76. The van der Waals surface area contributed by atoms with Crippen LogP contribution in [0.2, 0.25) is 0 Å². The quantitative estimate of drug-likeness (QED) is 0.736. The number of nitrogen functional groups attached to an aromatic ring is 1. The lowest BCUT2D eigenvalue weighted by atomic mass is 10.2. The van der Waals surface area contributed by atoms with E-state index in [-0.39, 0.29) is 10.8 Å². The normalized spacial score (nSPS) is 12.4. The number of rotatable bonds is 4. The fourth-order valence-corrected chi connectivity index (χ4v) is 3.07. The van der Waals surface area contributed by atoms with Crippen molar-refractivity contribution in [1.29, 1.82) is 0 Å². The average Bonchev–Trinajstić information content (AvgIpc) is 2.70. The van der Waals surface area contributed by atoms with E-state index in [9.17, 15) is 8.42 Å². The molecule has 0 atom stereocenters. The van der Waals surface area contributed by atoms with Crippen LogP contribution in [0.1, 0.15) is 13.8 Å². The van der Waals surface area contributed by atoms with Crippen molar-refractivity contribution >= 4 is 26.6 Å². The van der Waals surface area contributed by atoms with Gasteiger partial charge in [-0.2, -0.15) is 0 Å². The third-order valence-electron chi connectivity index (χ3n) is 2.64. The van der Waals surface area contributed by atoms with Crippen LogP contribution >= 0.6 is 0 Å². The molecular weight excluding hydrogens is 250 g/mol. The van der Waals surface area contributed by atoms with Crippen molar-refractivity contribution in [2.45, 2.75) is 18.7 Å². The molecule has 0 aliphatic rings. The number of hydrogen-bond acceptors (Lipinski definition) is 3. The third kappa shape index (κ3) is 2.49. The summed E-state index contributed by atoms with van der Waals surface area (Å²) in [5.41, 5.74) is 6.99. The Hall–Kier alpha value is -1.53. The largest absolute Gasteiger partial charge is 0.399 e. The number of anilines is 1. The molecule has 2 aromatic rings. The summed E-state index contributed by atoms with van der Waals surface area (Å²) >= 11 is 0. The molecule has 0 fully saturated rings. The van der Waals surface area contributed by atoms with Gasteiger partial charge in [-0.25, -0.2) is 13.1 Å². The van der Waals surface area contributed by atoms with Gasteiger partial charge in [-0.15, -0.1) is 0 Å². The Morgan fingerprint density at radius 1 is 1.39 bits per heavy atom. The molecule has 1 aromatic heterocycles. The smallest absolute Gasteiger partial charge is 0.242 e. The van der Waals surface area contributed by atoms with Crippen molar-refractivity contribution in [3.8, 4) is 0 Å². The molecule has 4 N–H and O–H groups in total. The summed E-state index contributed by atoms with van der Waals surface area (Å²) in [4.78, 5) is 3.18. The highest BCUT2D eigenvalue weighted by molar-refractivity contribution is 7.89. The maximum absolute atomic E-state index is 12.2. The van der Waals surface area contributed by atoms with Crippen molar-refractivity contribution in [2.24, 2.45) is 5.92 Å². The molecule has 0 aliphatic carbocycles. The first kappa shape index (κ1) is 12.9. The summed E-state index contributed by atoms with van der Waals surface area (Å²) in [5, 5.41) is 0.617. The molecule has 0 spiro atoms. The standard InChI is InChI=1S/C12H17N3O2S/c1-8(2)6-15-18(16,17)12-7-14-11-4-3-9(13)5-10(11)12/h3-5,7-8,14-15H,6,13H2,1-2H3. The summed E-state index contributed by atoms with van der Waals surface area (Å²) in [7, 11) is -3.49. The van der Waals surface area contributed by atoms with E-state index in [1.165, 1.54) is 6.20 Å². The van der Waals surface area contributed by atoms with Crippen LogP contribution in [0.5, 0.6) is 0 Å². The number of nitrogens with two attached hydrogens (primary N) is 1. The van der Waals surface area contributed by atoms with Crippen LogP contribution in [0.25, 0.3) is 10.9 Å². The van der Waals surface area contributed by atoms with Crippen LogP contribution in [0.3, 0.4) is 0 Å². The predicted octanol–water partition coefficient (Wildman–Crippen LogP) is 1.68. The first-order valence-corrected chi connectivity index (χ1v) is 7.25. The molecular formula is C12H17N3O2S. The van der Waals surface area contributed by atoms with Gasteiger partial charge in [-0.1, -0.05) is 13.8 Å². The van der Waals surface area contributed by atoms with Gasteiger partial charge in [0.05, 0.1) is 0 Å². The topological polar surface area (TPSA) is 88.0 Å². The summed E-state index contributed by atoms with van der Waals surface area (Å²) in [5.74, 6) is 0.259. The van der Waals surface area contributed by atoms with E-state index in [0.29, 0.717) is 17.6 Å². The van der Waals surface area contributed by atoms with Crippen LogP contribution < -0.4 is 10.5 Å². The Kier molecular flexibility index (Phi) is 3.32. The number of nitrogens with one attached hydrogen (secondary N) is 2. The lowest BCUT2D eigenvalue weighted by Crippen LogP contribution is -2.27. The lowest BCUT2D eigenvalue weighted by molar-refractivity contribution is 0.561. The maximum Gasteiger partial charge on any atom is 0.242 e. The zero-order chi connectivity index (χ0) is 13.3. The highest BCUT2D eigenvalue weighted by atomic mass is 32.2. The fourth-order valence-electron chi connectivity index (χ4n) is 1.69. The predicted molar refractivity (Wildman–Crippen MR) is 72.7 cm³/mol. The van der Waals surface area contributed by atoms with Gasteiger partial charge in [0.1, 0.15) is 4.90 Å². The second-order valence-corrected chi connectivity index (χ2v) is 6.44. The number of sulfonamides is 1. The van der Waals surface area contributed by atoms with E-state index in [1.807, 2.05) is 13.8 Å². The Morgan fingerprint density at radius 2 is 2.11 bits per heavy atom. The van der Waals surface area contributed by atoms with Crippen LogP contribution in [-0.4, -0.2) is 19.9 Å². The molecule has 0 amide bonds. The fraction of sp³-hybridized carbons (Fsp3) is 0.333. The molecule has 2 rings (SSSR count). The summed E-state index contributed by atoms with van der Waals surface area (Å²) in [6.07, 6.45) is 1.49. The lowest BCUT2D eigenvalue weighted by Gasteiger charge is -2.07. The van der Waals surface area contributed by atoms with Gasteiger partial charge in [0.15, 0.2) is 0 Å². The van der Waals surface area contributed by atoms with Crippen molar-refractivity contribution in [3.05, 3.63) is 24.4 Å². The molecule has 0 saturated carbocycles. The Balaban J connectivity index is 2.44. The number of fused-ring (bicyclic) bond motifs is 1. The summed E-state index contributed by atoms with van der Waals surface area (Å²) in [6.45, 7) is 4.32. The molecule has 1 heterocycles. The van der Waals surface area contributed by atoms with Crippen LogP contribution in [-0.2, 0) is 10.0 Å². The number of benzene rings is 1. The second-order valence-electron chi connectivity index (χ2n) is 4.70. The van der Waals surface area contributed by atoms with Crippen LogP contribution in [0.4, 0.5) is 5.69 Å². The zero-order valence-electron chi connectivity index (χ0n) is 10.4. The van der Waals surface area contributed by atoms with Crippen LogP contribution in [0.15, 0.2) is 29.3 Å². The molecule has 18 heavy (non-hydrogen) atoms. The highest BCUT2D eigenvalue weighted by Crippen LogP contribution is 2.24. The van der Waals surface area contributed by atoms with E-state index in [1.54, 1.807) is 18.2 Å². The van der Waals surface area contributed by atoms with E-state index in [0.717, 1.165) is 5.52 Å². The molecule has 0 radical (unpaired) electrons. The zero-order valence-corrected chi connectivity index (χ0v) is 11.2. The number of H-pyrrole nitrogens is 1. The molecule has 0 unspecified atom stereocenters. The molecule has 0 bridgehead atoms. The molecule has 0 saturated heterocycles. The minimum absolute atomic E-state index is 0.241. The summed E-state index contributed by atoms with van der Waals surface area (Å²) in [6, 6.07) is 5.17. The van der Waals surface area contributed by atoms with Gasteiger partial charge in [0.2, 0.25) is 10.0 Å². The van der Waals surface area contributed by atoms with E-state index >= 15 is 0 Å². The minimum atomic E-state index is -3.49. The molecule has 98 valence electrons. The van der Waals surface area contributed by atoms with E-state index in [2.05, 4.69) is 9.71 Å².